The lowest BCUT2D eigenvalue weighted by atomic mass is 9.96. The summed E-state index contributed by atoms with van der Waals surface area (Å²) in [5.41, 5.74) is 1.78. The van der Waals surface area contributed by atoms with Crippen LogP contribution >= 0.6 is 0 Å². The average Bonchev–Trinajstić information content (AvgIpc) is 3.25. The van der Waals surface area contributed by atoms with Crippen molar-refractivity contribution >= 4 is 11.6 Å². The SMILES string of the molecule is O=C(Nc1cnc(-n2cccn2)nc1)c1noc2c1CCCC2. The number of aromatic nitrogens is 5. The minimum atomic E-state index is -0.299. The van der Waals surface area contributed by atoms with E-state index in [9.17, 15) is 4.79 Å². The predicted octanol–water partition coefficient (Wildman–Crippen LogP) is 1.78. The van der Waals surface area contributed by atoms with E-state index in [1.54, 1.807) is 23.1 Å². The summed E-state index contributed by atoms with van der Waals surface area (Å²) in [4.78, 5) is 20.7. The van der Waals surface area contributed by atoms with Gasteiger partial charge in [-0.3, -0.25) is 4.79 Å². The van der Waals surface area contributed by atoms with Crippen molar-refractivity contribution in [3.05, 3.63) is 47.9 Å². The minimum Gasteiger partial charge on any atom is -0.360 e. The highest BCUT2D eigenvalue weighted by atomic mass is 16.5. The Hall–Kier alpha value is -3.03. The van der Waals surface area contributed by atoms with Gasteiger partial charge in [0.2, 0.25) is 0 Å². The first kappa shape index (κ1) is 13.6. The zero-order valence-electron chi connectivity index (χ0n) is 12.3. The maximum absolute atomic E-state index is 12.4. The summed E-state index contributed by atoms with van der Waals surface area (Å²) in [5, 5.41) is 10.7. The van der Waals surface area contributed by atoms with Gasteiger partial charge in [-0.1, -0.05) is 5.16 Å². The number of carbonyl (C=O) groups is 1. The van der Waals surface area contributed by atoms with E-state index in [0.717, 1.165) is 37.0 Å². The number of carbonyl (C=O) groups excluding carboxylic acids is 1. The van der Waals surface area contributed by atoms with E-state index in [0.29, 0.717) is 17.3 Å². The van der Waals surface area contributed by atoms with Crippen molar-refractivity contribution < 1.29 is 9.32 Å². The molecule has 23 heavy (non-hydrogen) atoms. The quantitative estimate of drug-likeness (QED) is 0.791. The van der Waals surface area contributed by atoms with Crippen LogP contribution in [0, 0.1) is 0 Å². The van der Waals surface area contributed by atoms with Crippen molar-refractivity contribution in [2.75, 3.05) is 5.32 Å². The molecule has 1 aliphatic rings. The van der Waals surface area contributed by atoms with Gasteiger partial charge in [0.15, 0.2) is 5.69 Å². The van der Waals surface area contributed by atoms with Gasteiger partial charge < -0.3 is 9.84 Å². The molecule has 0 aliphatic heterocycles. The molecule has 0 bridgehead atoms. The highest BCUT2D eigenvalue weighted by Crippen LogP contribution is 2.24. The first-order chi connectivity index (χ1) is 11.3. The molecular formula is C15H14N6O2. The molecule has 3 heterocycles. The second-order valence-corrected chi connectivity index (χ2v) is 5.32. The molecule has 0 saturated heterocycles. The van der Waals surface area contributed by atoms with Crippen LogP contribution in [0.3, 0.4) is 0 Å². The lowest BCUT2D eigenvalue weighted by Gasteiger charge is -2.09. The van der Waals surface area contributed by atoms with Gasteiger partial charge in [-0.05, 0) is 25.3 Å². The Morgan fingerprint density at radius 1 is 1.22 bits per heavy atom. The van der Waals surface area contributed by atoms with E-state index in [4.69, 9.17) is 4.52 Å². The second-order valence-electron chi connectivity index (χ2n) is 5.32. The van der Waals surface area contributed by atoms with E-state index in [1.807, 2.05) is 0 Å². The van der Waals surface area contributed by atoms with Gasteiger partial charge in [0, 0.05) is 24.4 Å². The number of anilines is 1. The largest absolute Gasteiger partial charge is 0.360 e. The van der Waals surface area contributed by atoms with E-state index >= 15 is 0 Å². The van der Waals surface area contributed by atoms with Gasteiger partial charge in [-0.15, -0.1) is 0 Å². The molecule has 0 fully saturated rings. The molecule has 0 unspecified atom stereocenters. The molecule has 3 aromatic rings. The van der Waals surface area contributed by atoms with Crippen molar-refractivity contribution in [2.45, 2.75) is 25.7 Å². The van der Waals surface area contributed by atoms with Crippen LogP contribution in [0.1, 0.15) is 34.7 Å². The first-order valence-electron chi connectivity index (χ1n) is 7.42. The van der Waals surface area contributed by atoms with Crippen molar-refractivity contribution in [3.8, 4) is 5.95 Å². The minimum absolute atomic E-state index is 0.299. The molecule has 116 valence electrons. The summed E-state index contributed by atoms with van der Waals surface area (Å²) in [7, 11) is 0. The molecule has 3 aromatic heterocycles. The molecule has 8 heteroatoms. The molecule has 0 saturated carbocycles. The maximum atomic E-state index is 12.4. The van der Waals surface area contributed by atoms with Gasteiger partial charge in [-0.2, -0.15) is 5.10 Å². The number of fused-ring (bicyclic) bond motifs is 1. The Kier molecular flexibility index (Phi) is 3.34. The molecule has 0 aromatic carbocycles. The molecule has 0 spiro atoms. The zero-order chi connectivity index (χ0) is 15.6. The van der Waals surface area contributed by atoms with E-state index in [-0.39, 0.29) is 5.91 Å². The molecular weight excluding hydrogens is 296 g/mol. The third-order valence-corrected chi connectivity index (χ3v) is 3.77. The summed E-state index contributed by atoms with van der Waals surface area (Å²) in [5.74, 6) is 0.964. The summed E-state index contributed by atoms with van der Waals surface area (Å²) >= 11 is 0. The Balaban J connectivity index is 1.51. The van der Waals surface area contributed by atoms with Crippen molar-refractivity contribution in [2.24, 2.45) is 0 Å². The van der Waals surface area contributed by atoms with Crippen molar-refractivity contribution in [1.82, 2.24) is 24.9 Å². The molecule has 4 rings (SSSR count). The highest BCUT2D eigenvalue weighted by molar-refractivity contribution is 6.03. The van der Waals surface area contributed by atoms with E-state index in [1.165, 1.54) is 12.4 Å². The Labute approximate surface area is 131 Å². The Morgan fingerprint density at radius 3 is 2.83 bits per heavy atom. The van der Waals surface area contributed by atoms with Gasteiger partial charge in [0.1, 0.15) is 5.76 Å². The van der Waals surface area contributed by atoms with Crippen LogP contribution in [0.2, 0.25) is 0 Å². The number of hydrogen-bond acceptors (Lipinski definition) is 6. The summed E-state index contributed by atoms with van der Waals surface area (Å²) in [6, 6.07) is 1.78. The van der Waals surface area contributed by atoms with Gasteiger partial charge >= 0.3 is 0 Å². The maximum Gasteiger partial charge on any atom is 0.278 e. The fourth-order valence-corrected chi connectivity index (χ4v) is 2.64. The topological polar surface area (TPSA) is 98.7 Å². The second kappa shape index (κ2) is 5.64. The van der Waals surface area contributed by atoms with Crippen molar-refractivity contribution in [3.63, 3.8) is 0 Å². The van der Waals surface area contributed by atoms with Gasteiger partial charge in [-0.25, -0.2) is 14.6 Å². The fourth-order valence-electron chi connectivity index (χ4n) is 2.64. The van der Waals surface area contributed by atoms with Crippen LogP contribution in [0.4, 0.5) is 5.69 Å². The van der Waals surface area contributed by atoms with E-state index in [2.05, 4.69) is 25.5 Å². The van der Waals surface area contributed by atoms with Crippen LogP contribution in [0.15, 0.2) is 35.4 Å². The lowest BCUT2D eigenvalue weighted by Crippen LogP contribution is -2.16. The molecule has 1 amide bonds. The zero-order valence-corrected chi connectivity index (χ0v) is 12.3. The molecule has 0 radical (unpaired) electrons. The van der Waals surface area contributed by atoms with Gasteiger partial charge in [0.25, 0.3) is 11.9 Å². The van der Waals surface area contributed by atoms with Crippen LogP contribution in [0.25, 0.3) is 5.95 Å². The summed E-state index contributed by atoms with van der Waals surface area (Å²) < 4.78 is 6.80. The van der Waals surface area contributed by atoms with Crippen LogP contribution in [-0.4, -0.2) is 30.8 Å². The number of amides is 1. The standard InChI is InChI=1S/C15H14N6O2/c22-14(13-11-4-1-2-5-12(11)23-20-13)19-10-8-16-15(17-9-10)21-7-3-6-18-21/h3,6-9H,1-2,4-5H2,(H,19,22). The Morgan fingerprint density at radius 2 is 2.04 bits per heavy atom. The monoisotopic (exact) mass is 310 g/mol. The molecule has 1 N–H and O–H groups in total. The summed E-state index contributed by atoms with van der Waals surface area (Å²) in [6.07, 6.45) is 10.3. The van der Waals surface area contributed by atoms with Crippen LogP contribution in [-0.2, 0) is 12.8 Å². The lowest BCUT2D eigenvalue weighted by molar-refractivity contribution is 0.101. The third-order valence-electron chi connectivity index (χ3n) is 3.77. The summed E-state index contributed by atoms with van der Waals surface area (Å²) in [6.45, 7) is 0. The number of hydrogen-bond donors (Lipinski definition) is 1. The normalized spacial score (nSPS) is 13.6. The average molecular weight is 310 g/mol. The van der Waals surface area contributed by atoms with Gasteiger partial charge in [0.05, 0.1) is 18.1 Å². The smallest absolute Gasteiger partial charge is 0.278 e. The third kappa shape index (κ3) is 2.59. The van der Waals surface area contributed by atoms with Crippen LogP contribution < -0.4 is 5.32 Å². The fraction of sp³-hybridized carbons (Fsp3) is 0.267. The Bertz CT molecular complexity index is 822. The number of nitrogens with zero attached hydrogens (tertiary/aromatic N) is 5. The molecule has 8 nitrogen and oxygen atoms in total. The predicted molar refractivity (Wildman–Crippen MR) is 80.3 cm³/mol. The number of rotatable bonds is 3. The molecule has 1 aliphatic carbocycles. The number of aryl methyl sites for hydroxylation is 1. The van der Waals surface area contributed by atoms with E-state index < -0.39 is 0 Å². The van der Waals surface area contributed by atoms with Crippen molar-refractivity contribution in [1.29, 1.82) is 0 Å². The first-order valence-corrected chi connectivity index (χ1v) is 7.42. The van der Waals surface area contributed by atoms with Crippen LogP contribution in [0.5, 0.6) is 0 Å². The molecule has 0 atom stereocenters. The number of nitrogens with one attached hydrogen (secondary N) is 1. The highest BCUT2D eigenvalue weighted by Gasteiger charge is 2.24.